The van der Waals surface area contributed by atoms with Crippen molar-refractivity contribution >= 4 is 8.32 Å². The summed E-state index contributed by atoms with van der Waals surface area (Å²) in [5.41, 5.74) is 10.4. The van der Waals surface area contributed by atoms with Crippen LogP contribution in [0.4, 0.5) is 0 Å². The Labute approximate surface area is 146 Å². The lowest BCUT2D eigenvalue weighted by Crippen LogP contribution is -2.49. The van der Waals surface area contributed by atoms with Crippen LogP contribution in [0, 0.1) is 0 Å². The molecule has 0 bridgehead atoms. The van der Waals surface area contributed by atoms with Crippen LogP contribution in [0.25, 0.3) is 10.4 Å². The van der Waals surface area contributed by atoms with Gasteiger partial charge in [-0.2, -0.15) is 0 Å². The molecule has 1 heterocycles. The molecule has 2 aliphatic rings. The molecular formula is C17H31N3O3Si. The minimum atomic E-state index is -2.00. The van der Waals surface area contributed by atoms with Crippen LogP contribution in [-0.4, -0.2) is 33.4 Å². The van der Waals surface area contributed by atoms with Crippen LogP contribution >= 0.6 is 0 Å². The van der Waals surface area contributed by atoms with Crippen molar-refractivity contribution in [1.29, 1.82) is 0 Å². The summed E-state index contributed by atoms with van der Waals surface area (Å²) in [6.07, 6.45) is 3.36. The molecule has 1 fully saturated rings. The van der Waals surface area contributed by atoms with Crippen molar-refractivity contribution in [3.63, 3.8) is 0 Å². The molecule has 1 atom stereocenters. The third kappa shape index (κ3) is 3.36. The molecule has 1 unspecified atom stereocenters. The van der Waals surface area contributed by atoms with Gasteiger partial charge in [0.2, 0.25) is 0 Å². The second-order valence-electron chi connectivity index (χ2n) is 7.71. The fourth-order valence-corrected chi connectivity index (χ4v) is 9.79. The second kappa shape index (κ2) is 7.48. The Morgan fingerprint density at radius 3 is 2.17 bits per heavy atom. The van der Waals surface area contributed by atoms with Gasteiger partial charge in [0, 0.05) is 17.8 Å². The zero-order chi connectivity index (χ0) is 18.0. The molecule has 0 aromatic carbocycles. The molecule has 0 radical (unpaired) electrons. The fraction of sp³-hybridized carbons (Fsp3) is 0.882. The number of hydrogen-bond acceptors (Lipinski definition) is 4. The van der Waals surface area contributed by atoms with Gasteiger partial charge in [0.1, 0.15) is 6.04 Å². The molecule has 7 heteroatoms. The Hall–Kier alpha value is -1.01. The van der Waals surface area contributed by atoms with E-state index in [0.717, 1.165) is 12.2 Å². The first-order valence-electron chi connectivity index (χ1n) is 9.00. The third-order valence-electron chi connectivity index (χ3n) is 5.48. The first-order chi connectivity index (χ1) is 11.3. The number of nitrogens with zero attached hydrogens (tertiary/aromatic N) is 3. The average molecular weight is 354 g/mol. The highest BCUT2D eigenvalue weighted by molar-refractivity contribution is 6.77. The summed E-state index contributed by atoms with van der Waals surface area (Å²) in [6.45, 7) is 14.7. The standard InChI is InChI=1S/C17H31N3O3Si/c1-12(2)24(13(3)4,14(5)6)23-15-7-8-17(21-9-10-22-17)16(11-15)19-20-18/h11-14,16H,7-10H2,1-6H3. The maximum Gasteiger partial charge on any atom is 0.258 e. The SMILES string of the molecule is CC(C)[Si](OC1=CC(N=[N+]=[N-])C2(CC1)OCCO2)(C(C)C)C(C)C. The van der Waals surface area contributed by atoms with Gasteiger partial charge in [-0.3, -0.25) is 0 Å². The molecule has 0 N–H and O–H groups in total. The lowest BCUT2D eigenvalue weighted by Gasteiger charge is -2.45. The van der Waals surface area contributed by atoms with E-state index >= 15 is 0 Å². The summed E-state index contributed by atoms with van der Waals surface area (Å²) in [5, 5.41) is 3.92. The maximum absolute atomic E-state index is 8.93. The summed E-state index contributed by atoms with van der Waals surface area (Å²) < 4.78 is 18.3. The topological polar surface area (TPSA) is 76.5 Å². The Morgan fingerprint density at radius 1 is 1.17 bits per heavy atom. The van der Waals surface area contributed by atoms with Gasteiger partial charge in [0.05, 0.1) is 19.0 Å². The van der Waals surface area contributed by atoms with Gasteiger partial charge in [0.15, 0.2) is 5.79 Å². The molecule has 1 spiro atoms. The number of hydrogen-bond donors (Lipinski definition) is 0. The number of ether oxygens (including phenoxy) is 2. The van der Waals surface area contributed by atoms with Crippen molar-refractivity contribution in [3.05, 3.63) is 22.3 Å². The molecule has 0 saturated carbocycles. The fourth-order valence-electron chi connectivity index (χ4n) is 4.46. The predicted octanol–water partition coefficient (Wildman–Crippen LogP) is 5.28. The minimum absolute atomic E-state index is 0.466. The second-order valence-corrected chi connectivity index (χ2v) is 13.1. The van der Waals surface area contributed by atoms with Crippen molar-refractivity contribution in [1.82, 2.24) is 0 Å². The molecule has 0 aromatic heterocycles. The summed E-state index contributed by atoms with van der Waals surface area (Å²) in [4.78, 5) is 2.99. The van der Waals surface area contributed by atoms with Crippen LogP contribution in [0.3, 0.4) is 0 Å². The van der Waals surface area contributed by atoms with Gasteiger partial charge >= 0.3 is 0 Å². The molecule has 2 rings (SSSR count). The monoisotopic (exact) mass is 353 g/mol. The molecule has 24 heavy (non-hydrogen) atoms. The van der Waals surface area contributed by atoms with Gasteiger partial charge in [-0.25, -0.2) is 0 Å². The van der Waals surface area contributed by atoms with E-state index in [-0.39, 0.29) is 0 Å². The summed E-state index contributed by atoms with van der Waals surface area (Å²) in [6, 6.07) is -0.466. The maximum atomic E-state index is 8.93. The first-order valence-corrected chi connectivity index (χ1v) is 11.1. The van der Waals surface area contributed by atoms with E-state index in [9.17, 15) is 0 Å². The van der Waals surface area contributed by atoms with E-state index in [2.05, 4.69) is 51.6 Å². The molecule has 0 amide bonds. The molecule has 1 aliphatic heterocycles. The lowest BCUT2D eigenvalue weighted by molar-refractivity contribution is -0.172. The highest BCUT2D eigenvalue weighted by Crippen LogP contribution is 2.46. The quantitative estimate of drug-likeness (QED) is 0.282. The van der Waals surface area contributed by atoms with Crippen LogP contribution < -0.4 is 0 Å². The number of azide groups is 1. The van der Waals surface area contributed by atoms with Crippen molar-refractivity contribution in [2.24, 2.45) is 5.11 Å². The average Bonchev–Trinajstić information content (AvgIpc) is 2.96. The zero-order valence-electron chi connectivity index (χ0n) is 15.8. The minimum Gasteiger partial charge on any atom is -0.546 e. The molecule has 0 aromatic rings. The molecule has 6 nitrogen and oxygen atoms in total. The smallest absolute Gasteiger partial charge is 0.258 e. The van der Waals surface area contributed by atoms with Gasteiger partial charge < -0.3 is 13.9 Å². The van der Waals surface area contributed by atoms with Crippen LogP contribution in [0.5, 0.6) is 0 Å². The van der Waals surface area contributed by atoms with Crippen molar-refractivity contribution in [2.45, 2.75) is 82.8 Å². The van der Waals surface area contributed by atoms with Crippen molar-refractivity contribution in [2.75, 3.05) is 13.2 Å². The van der Waals surface area contributed by atoms with E-state index in [1.165, 1.54) is 0 Å². The molecular weight excluding hydrogens is 322 g/mol. The number of rotatable bonds is 6. The van der Waals surface area contributed by atoms with Crippen LogP contribution in [-0.2, 0) is 13.9 Å². The van der Waals surface area contributed by atoms with Gasteiger partial charge in [-0.05, 0) is 28.2 Å². The Kier molecular flexibility index (Phi) is 6.02. The summed E-state index contributed by atoms with van der Waals surface area (Å²) >= 11 is 0. The summed E-state index contributed by atoms with van der Waals surface area (Å²) in [5.74, 6) is 0.150. The van der Waals surface area contributed by atoms with E-state index in [4.69, 9.17) is 19.4 Å². The van der Waals surface area contributed by atoms with E-state index in [1.54, 1.807) is 0 Å². The normalized spacial score (nSPS) is 23.7. The van der Waals surface area contributed by atoms with E-state index in [1.807, 2.05) is 6.08 Å². The Morgan fingerprint density at radius 2 is 1.71 bits per heavy atom. The van der Waals surface area contributed by atoms with Crippen LogP contribution in [0.1, 0.15) is 54.4 Å². The largest absolute Gasteiger partial charge is 0.546 e. The highest BCUT2D eigenvalue weighted by atomic mass is 28.4. The lowest BCUT2D eigenvalue weighted by atomic mass is 9.94. The zero-order valence-corrected chi connectivity index (χ0v) is 16.8. The summed E-state index contributed by atoms with van der Waals surface area (Å²) in [7, 11) is -2.00. The first kappa shape index (κ1) is 19.3. The molecule has 1 aliphatic carbocycles. The molecule has 136 valence electrons. The third-order valence-corrected chi connectivity index (χ3v) is 11.5. The molecule has 1 saturated heterocycles. The Bertz CT molecular complexity index is 499. The van der Waals surface area contributed by atoms with Crippen LogP contribution in [0.2, 0.25) is 16.6 Å². The van der Waals surface area contributed by atoms with Crippen LogP contribution in [0.15, 0.2) is 16.9 Å². The highest BCUT2D eigenvalue weighted by Gasteiger charge is 2.50. The predicted molar refractivity (Wildman–Crippen MR) is 97.0 cm³/mol. The number of allylic oxidation sites excluding steroid dienone is 1. The van der Waals surface area contributed by atoms with E-state index in [0.29, 0.717) is 36.3 Å². The van der Waals surface area contributed by atoms with Gasteiger partial charge in [0.25, 0.3) is 8.32 Å². The van der Waals surface area contributed by atoms with E-state index < -0.39 is 20.1 Å². The van der Waals surface area contributed by atoms with Gasteiger partial charge in [-0.1, -0.05) is 46.7 Å². The van der Waals surface area contributed by atoms with Gasteiger partial charge in [-0.15, -0.1) is 0 Å². The van der Waals surface area contributed by atoms with Crippen molar-refractivity contribution in [3.8, 4) is 0 Å². The van der Waals surface area contributed by atoms with Crippen molar-refractivity contribution < 1.29 is 13.9 Å². The Balaban J connectivity index is 2.32.